The van der Waals surface area contributed by atoms with Crippen molar-refractivity contribution in [3.05, 3.63) is 0 Å². The van der Waals surface area contributed by atoms with Gasteiger partial charge in [-0.25, -0.2) is 0 Å². The molecule has 0 aromatic carbocycles. The van der Waals surface area contributed by atoms with E-state index in [0.717, 1.165) is 5.92 Å². The molecule has 0 aromatic heterocycles. The molecular formula is C21H44BNO2Si2. The summed E-state index contributed by atoms with van der Waals surface area (Å²) < 4.78 is 16.7. The SMILES string of the molecule is CC(C)C[C@H](B1O[C@@H]2C[C@@H]3C[C@@H](C3(C)C)[C@]2(C)O1)N([Si](C)(C)C)[Si](C)(C)C. The van der Waals surface area contributed by atoms with E-state index in [2.05, 4.69) is 78.1 Å². The molecule has 2 bridgehead atoms. The summed E-state index contributed by atoms with van der Waals surface area (Å²) in [4.78, 5) is 0. The molecule has 3 aliphatic carbocycles. The van der Waals surface area contributed by atoms with Gasteiger partial charge < -0.3 is 13.5 Å². The molecule has 27 heavy (non-hydrogen) atoms. The lowest BCUT2D eigenvalue weighted by Crippen LogP contribution is -2.68. The van der Waals surface area contributed by atoms with Gasteiger partial charge in [0.2, 0.25) is 0 Å². The molecule has 1 saturated heterocycles. The number of nitrogens with zero attached hydrogens (tertiary/aromatic N) is 1. The fraction of sp³-hybridized carbons (Fsp3) is 1.00. The first-order valence-corrected chi connectivity index (χ1v) is 18.1. The zero-order valence-electron chi connectivity index (χ0n) is 19.8. The van der Waals surface area contributed by atoms with Crippen molar-refractivity contribution < 1.29 is 9.31 Å². The summed E-state index contributed by atoms with van der Waals surface area (Å²) in [6, 6.07) is 0. The maximum Gasteiger partial charge on any atom is 0.474 e. The highest BCUT2D eigenvalue weighted by molar-refractivity contribution is 6.90. The fourth-order valence-corrected chi connectivity index (χ4v) is 17.4. The Kier molecular flexibility index (Phi) is 5.47. The zero-order valence-corrected chi connectivity index (χ0v) is 21.8. The number of hydrogen-bond donors (Lipinski definition) is 0. The molecule has 4 aliphatic rings. The summed E-state index contributed by atoms with van der Waals surface area (Å²) in [6.07, 6.45) is 3.97. The minimum atomic E-state index is -1.49. The lowest BCUT2D eigenvalue weighted by Gasteiger charge is -2.64. The van der Waals surface area contributed by atoms with Crippen molar-refractivity contribution in [3.8, 4) is 0 Å². The van der Waals surface area contributed by atoms with E-state index in [1.165, 1.54) is 19.3 Å². The lowest BCUT2D eigenvalue weighted by atomic mass is 9.43. The Labute approximate surface area is 171 Å². The summed E-state index contributed by atoms with van der Waals surface area (Å²) >= 11 is 0. The molecule has 1 aliphatic heterocycles. The van der Waals surface area contributed by atoms with Crippen LogP contribution >= 0.6 is 0 Å². The van der Waals surface area contributed by atoms with Gasteiger partial charge in [-0.1, -0.05) is 67.0 Å². The average molecular weight is 410 g/mol. The predicted molar refractivity (Wildman–Crippen MR) is 122 cm³/mol. The van der Waals surface area contributed by atoms with Gasteiger partial charge in [0.1, 0.15) is 16.5 Å². The Morgan fingerprint density at radius 2 is 1.56 bits per heavy atom. The zero-order chi connectivity index (χ0) is 20.6. The smallest absolute Gasteiger partial charge is 0.404 e. The van der Waals surface area contributed by atoms with Crippen LogP contribution in [-0.4, -0.2) is 45.5 Å². The molecule has 6 heteroatoms. The molecule has 0 aromatic rings. The summed E-state index contributed by atoms with van der Waals surface area (Å²) in [5, 5.41) is 0. The van der Waals surface area contributed by atoms with E-state index in [1.54, 1.807) is 0 Å². The Morgan fingerprint density at radius 1 is 1.00 bits per heavy atom. The summed E-state index contributed by atoms with van der Waals surface area (Å²) in [7, 11) is -3.04. The van der Waals surface area contributed by atoms with Gasteiger partial charge in [-0.3, -0.25) is 0 Å². The van der Waals surface area contributed by atoms with E-state index >= 15 is 0 Å². The van der Waals surface area contributed by atoms with Gasteiger partial charge in [0, 0.05) is 5.94 Å². The largest absolute Gasteiger partial charge is 0.474 e. The minimum Gasteiger partial charge on any atom is -0.404 e. The van der Waals surface area contributed by atoms with E-state index in [0.29, 0.717) is 29.3 Å². The summed E-state index contributed by atoms with van der Waals surface area (Å²) in [6.45, 7) is 27.0. The highest BCUT2D eigenvalue weighted by Crippen LogP contribution is 2.66. The number of rotatable bonds is 6. The monoisotopic (exact) mass is 409 g/mol. The Balaban J connectivity index is 1.91. The van der Waals surface area contributed by atoms with Crippen molar-refractivity contribution in [1.29, 1.82) is 0 Å². The topological polar surface area (TPSA) is 21.7 Å². The van der Waals surface area contributed by atoms with Crippen LogP contribution in [0.5, 0.6) is 0 Å². The maximum atomic E-state index is 6.95. The third-order valence-electron chi connectivity index (χ3n) is 7.77. The Hall–Kier alpha value is 0.379. The molecule has 4 fully saturated rings. The van der Waals surface area contributed by atoms with Gasteiger partial charge >= 0.3 is 7.12 Å². The molecule has 3 nitrogen and oxygen atoms in total. The molecule has 0 N–H and O–H groups in total. The Bertz CT molecular complexity index is 558. The molecule has 156 valence electrons. The van der Waals surface area contributed by atoms with Crippen LogP contribution in [0.3, 0.4) is 0 Å². The van der Waals surface area contributed by atoms with E-state index in [9.17, 15) is 0 Å². The van der Waals surface area contributed by atoms with Crippen LogP contribution in [0, 0.1) is 23.2 Å². The van der Waals surface area contributed by atoms with Crippen LogP contribution in [-0.2, 0) is 9.31 Å². The summed E-state index contributed by atoms with van der Waals surface area (Å²) in [5.41, 5.74) is 0.316. The van der Waals surface area contributed by atoms with Crippen molar-refractivity contribution in [1.82, 2.24) is 4.23 Å². The Morgan fingerprint density at radius 3 is 2.00 bits per heavy atom. The predicted octanol–water partition coefficient (Wildman–Crippen LogP) is 5.64. The van der Waals surface area contributed by atoms with Crippen LogP contribution in [0.25, 0.3) is 0 Å². The second-order valence-corrected chi connectivity index (χ2v) is 22.8. The van der Waals surface area contributed by atoms with E-state index in [4.69, 9.17) is 9.31 Å². The molecule has 0 amide bonds. The first-order valence-electron chi connectivity index (χ1n) is 11.2. The maximum absolute atomic E-state index is 6.95. The van der Waals surface area contributed by atoms with E-state index < -0.39 is 16.5 Å². The third kappa shape index (κ3) is 3.67. The molecular weight excluding hydrogens is 365 g/mol. The molecule has 3 saturated carbocycles. The highest BCUT2D eigenvalue weighted by Gasteiger charge is 2.69. The van der Waals surface area contributed by atoms with Crippen molar-refractivity contribution in [3.63, 3.8) is 0 Å². The van der Waals surface area contributed by atoms with Crippen LogP contribution < -0.4 is 0 Å². The normalized spacial score (nSPS) is 36.8. The molecule has 0 spiro atoms. The first kappa shape index (κ1) is 22.1. The average Bonchev–Trinajstić information content (AvgIpc) is 2.79. The quantitative estimate of drug-likeness (QED) is 0.530. The second-order valence-electron chi connectivity index (χ2n) is 12.7. The number of hydrogen-bond acceptors (Lipinski definition) is 3. The van der Waals surface area contributed by atoms with Crippen molar-refractivity contribution in [2.45, 2.75) is 111 Å². The van der Waals surface area contributed by atoms with E-state index in [1.807, 2.05) is 0 Å². The van der Waals surface area contributed by atoms with Crippen LogP contribution in [0.15, 0.2) is 0 Å². The van der Waals surface area contributed by atoms with Crippen molar-refractivity contribution in [2.24, 2.45) is 23.2 Å². The van der Waals surface area contributed by atoms with Crippen LogP contribution in [0.2, 0.25) is 39.3 Å². The third-order valence-corrected chi connectivity index (χ3v) is 15.4. The van der Waals surface area contributed by atoms with E-state index in [-0.39, 0.29) is 12.7 Å². The fourth-order valence-electron chi connectivity index (χ4n) is 6.89. The van der Waals surface area contributed by atoms with Gasteiger partial charge in [-0.05, 0) is 49.4 Å². The van der Waals surface area contributed by atoms with Gasteiger partial charge in [-0.15, -0.1) is 0 Å². The van der Waals surface area contributed by atoms with Gasteiger partial charge in [0.05, 0.1) is 11.7 Å². The summed E-state index contributed by atoms with van der Waals surface area (Å²) in [5.74, 6) is 2.51. The van der Waals surface area contributed by atoms with Gasteiger partial charge in [0.15, 0.2) is 0 Å². The molecule has 1 heterocycles. The van der Waals surface area contributed by atoms with Crippen molar-refractivity contribution in [2.75, 3.05) is 0 Å². The van der Waals surface area contributed by atoms with Crippen molar-refractivity contribution >= 4 is 23.6 Å². The standard InChI is InChI=1S/C21H44BNO2Si2/c1-15(2)12-19(23(26(6,7)8)27(9,10)11)22-24-18-14-16-13-17(20(16,3)4)21(18,5)25-22/h15-19H,12-14H2,1-11H3/t16-,17-,18+,19+,21-/m0/s1. The highest BCUT2D eigenvalue weighted by atomic mass is 28.4. The van der Waals surface area contributed by atoms with Crippen LogP contribution in [0.1, 0.15) is 53.9 Å². The molecule has 4 rings (SSSR count). The molecule has 0 radical (unpaired) electrons. The van der Waals surface area contributed by atoms with Crippen LogP contribution in [0.4, 0.5) is 0 Å². The minimum absolute atomic E-state index is 0.0593. The molecule has 5 atom stereocenters. The first-order chi connectivity index (χ1) is 12.1. The second kappa shape index (κ2) is 6.69. The van der Waals surface area contributed by atoms with Gasteiger partial charge in [-0.2, -0.15) is 0 Å². The molecule has 0 unspecified atom stereocenters. The van der Waals surface area contributed by atoms with Gasteiger partial charge in [0.25, 0.3) is 0 Å². The lowest BCUT2D eigenvalue weighted by molar-refractivity contribution is -0.199.